The quantitative estimate of drug-likeness (QED) is 0.0332. The molecule has 0 aliphatic heterocycles. The third-order valence-electron chi connectivity index (χ3n) is 10.6. The van der Waals surface area contributed by atoms with Gasteiger partial charge in [0.1, 0.15) is 31.3 Å². The van der Waals surface area contributed by atoms with Gasteiger partial charge in [0.2, 0.25) is 29.5 Å². The van der Waals surface area contributed by atoms with Crippen LogP contribution < -0.4 is 42.8 Å². The molecule has 0 bridgehead atoms. The van der Waals surface area contributed by atoms with Crippen LogP contribution in [0.3, 0.4) is 0 Å². The fraction of sp³-hybridized carbons (Fsp3) is 0.708. The van der Waals surface area contributed by atoms with E-state index in [9.17, 15) is 43.5 Å². The monoisotopic (exact) mass is 996 g/mol. The summed E-state index contributed by atoms with van der Waals surface area (Å²) in [7, 11) is 0. The predicted molar refractivity (Wildman–Crippen MR) is 259 cm³/mol. The van der Waals surface area contributed by atoms with Crippen molar-refractivity contribution in [1.82, 2.24) is 26.6 Å². The Morgan fingerprint density at radius 3 is 1.60 bits per heavy atom. The number of carbonyl (C=O) groups excluding carboxylic acids is 6. The lowest BCUT2D eigenvalue weighted by Gasteiger charge is -2.14. The molecule has 398 valence electrons. The van der Waals surface area contributed by atoms with E-state index in [0.717, 1.165) is 57.8 Å². The van der Waals surface area contributed by atoms with Crippen LogP contribution in [0.25, 0.3) is 0 Å². The third kappa shape index (κ3) is 36.7. The van der Waals surface area contributed by atoms with Crippen molar-refractivity contribution in [3.63, 3.8) is 0 Å². The van der Waals surface area contributed by atoms with E-state index in [4.69, 9.17) is 40.3 Å². The van der Waals surface area contributed by atoms with Crippen LogP contribution in [0, 0.1) is 0 Å². The molecule has 0 unspecified atom stereocenters. The zero-order valence-corrected chi connectivity index (χ0v) is 40.9. The molecule has 1 rings (SSSR count). The Morgan fingerprint density at radius 2 is 1.03 bits per heavy atom. The number of aromatic carboxylic acids is 1. The number of carboxylic acids is 2. The molecular weight excluding hydrogens is 915 g/mol. The number of nitrogens with two attached hydrogens (primary N) is 2. The molecule has 0 aliphatic rings. The Bertz CT molecular complexity index is 1620. The van der Waals surface area contributed by atoms with E-state index < -0.39 is 30.1 Å². The molecule has 70 heavy (non-hydrogen) atoms. The SMILES string of the molecule is N[C@H](C=O)CCCCNC(=O)[C@@H](N)CCCCNC(=O)COCCOCCNC(=O)COCCOCCNC(=O)CC[C@H](NC(=O)CCCCCCCCCCCOc1ccc(C(=O)O)cc1)C(=O)O. The van der Waals surface area contributed by atoms with E-state index in [0.29, 0.717) is 70.3 Å². The number of carboxylic acid groups (broad SMARTS) is 2. The molecule has 0 aliphatic carbocycles. The molecule has 5 amide bonds. The van der Waals surface area contributed by atoms with Crippen molar-refractivity contribution in [2.24, 2.45) is 11.5 Å². The average Bonchev–Trinajstić information content (AvgIpc) is 3.34. The minimum Gasteiger partial charge on any atom is -0.494 e. The molecule has 0 radical (unpaired) electrons. The van der Waals surface area contributed by atoms with E-state index in [1.54, 1.807) is 12.1 Å². The topological polar surface area (TPSA) is 335 Å². The van der Waals surface area contributed by atoms with Crippen molar-refractivity contribution in [1.29, 1.82) is 0 Å². The van der Waals surface area contributed by atoms with Gasteiger partial charge in [-0.3, -0.25) is 24.0 Å². The first kappa shape index (κ1) is 62.8. The smallest absolute Gasteiger partial charge is 0.335 e. The van der Waals surface area contributed by atoms with Crippen molar-refractivity contribution >= 4 is 47.8 Å². The summed E-state index contributed by atoms with van der Waals surface area (Å²) in [6.07, 6.45) is 13.4. The number of ether oxygens (including phenoxy) is 5. The second kappa shape index (κ2) is 42.6. The fourth-order valence-electron chi connectivity index (χ4n) is 6.56. The van der Waals surface area contributed by atoms with Gasteiger partial charge in [0, 0.05) is 39.0 Å². The largest absolute Gasteiger partial charge is 0.494 e. The Kier molecular flexibility index (Phi) is 38.2. The Balaban J connectivity index is 1.91. The van der Waals surface area contributed by atoms with Gasteiger partial charge < -0.3 is 76.7 Å². The van der Waals surface area contributed by atoms with Gasteiger partial charge in [-0.15, -0.1) is 0 Å². The van der Waals surface area contributed by atoms with E-state index >= 15 is 0 Å². The fourth-order valence-corrected chi connectivity index (χ4v) is 6.56. The zero-order chi connectivity index (χ0) is 51.5. The van der Waals surface area contributed by atoms with Gasteiger partial charge in [-0.25, -0.2) is 9.59 Å². The highest BCUT2D eigenvalue weighted by atomic mass is 16.5. The highest BCUT2D eigenvalue weighted by molar-refractivity contribution is 5.87. The van der Waals surface area contributed by atoms with E-state index in [1.165, 1.54) is 12.1 Å². The summed E-state index contributed by atoms with van der Waals surface area (Å²) in [6, 6.07) is 4.09. The summed E-state index contributed by atoms with van der Waals surface area (Å²) in [5.41, 5.74) is 11.7. The molecule has 1 aromatic carbocycles. The van der Waals surface area contributed by atoms with E-state index in [1.807, 2.05) is 0 Å². The van der Waals surface area contributed by atoms with Crippen molar-refractivity contribution in [2.45, 2.75) is 134 Å². The minimum atomic E-state index is -1.20. The second-order valence-corrected chi connectivity index (χ2v) is 16.7. The number of carbonyl (C=O) groups is 8. The van der Waals surface area contributed by atoms with Crippen LogP contribution in [0.4, 0.5) is 0 Å². The molecule has 0 aromatic heterocycles. The number of unbranched alkanes of at least 4 members (excludes halogenated alkanes) is 10. The maximum absolute atomic E-state index is 12.4. The van der Waals surface area contributed by atoms with Crippen LogP contribution in [-0.2, 0) is 52.5 Å². The van der Waals surface area contributed by atoms with Gasteiger partial charge in [-0.2, -0.15) is 0 Å². The standard InChI is InChI=1S/C48H81N7O15/c49-38(34-56)14-9-11-24-54-46(61)40(50)15-10-12-23-51-44(59)35-68-32-31-67-29-26-53-45(60)36-69-33-30-66-28-25-52-42(57)22-21-41(48(64)65)55-43(58)16-8-6-4-2-1-3-5-7-13-27-70-39-19-17-37(18-20-39)47(62)63/h17-20,34,38,40-41H,1-16,21-33,35-36,49-50H2,(H,51,59)(H,52,57)(H,53,60)(H,54,61)(H,55,58)(H,62,63)(H,64,65)/t38-,40-,41-/m0/s1. The molecule has 0 saturated carbocycles. The molecule has 0 saturated heterocycles. The first-order valence-corrected chi connectivity index (χ1v) is 24.7. The normalized spacial score (nSPS) is 12.3. The van der Waals surface area contributed by atoms with Gasteiger partial charge in [0.05, 0.1) is 63.9 Å². The number of aldehydes is 1. The Morgan fingerprint density at radius 1 is 0.514 bits per heavy atom. The molecule has 22 heteroatoms. The molecule has 0 fully saturated rings. The lowest BCUT2D eigenvalue weighted by molar-refractivity contribution is -0.142. The van der Waals surface area contributed by atoms with Crippen LogP contribution >= 0.6 is 0 Å². The molecular formula is C48H81N7O15. The van der Waals surface area contributed by atoms with Crippen molar-refractivity contribution in [2.75, 3.05) is 85.6 Å². The maximum Gasteiger partial charge on any atom is 0.335 e. The van der Waals surface area contributed by atoms with Crippen LogP contribution in [0.2, 0.25) is 0 Å². The molecule has 1 aromatic rings. The number of rotatable bonds is 47. The number of benzene rings is 1. The second-order valence-electron chi connectivity index (χ2n) is 16.7. The molecule has 0 heterocycles. The number of amides is 5. The van der Waals surface area contributed by atoms with Gasteiger partial charge in [0.25, 0.3) is 0 Å². The van der Waals surface area contributed by atoms with E-state index in [2.05, 4.69) is 26.6 Å². The summed E-state index contributed by atoms with van der Waals surface area (Å²) in [4.78, 5) is 93.7. The van der Waals surface area contributed by atoms with E-state index in [-0.39, 0.29) is 120 Å². The minimum absolute atomic E-state index is 0.0489. The molecule has 0 spiro atoms. The van der Waals surface area contributed by atoms with Crippen molar-refractivity contribution < 1.29 is 72.3 Å². The highest BCUT2D eigenvalue weighted by Gasteiger charge is 2.21. The lowest BCUT2D eigenvalue weighted by Crippen LogP contribution is -2.41. The maximum atomic E-state index is 12.4. The van der Waals surface area contributed by atoms with Crippen molar-refractivity contribution in [3.8, 4) is 5.75 Å². The summed E-state index contributed by atoms with van der Waals surface area (Å²) >= 11 is 0. The first-order chi connectivity index (χ1) is 33.8. The van der Waals surface area contributed by atoms with Crippen LogP contribution in [0.1, 0.15) is 126 Å². The zero-order valence-electron chi connectivity index (χ0n) is 40.9. The number of aliphatic carboxylic acids is 1. The van der Waals surface area contributed by atoms with Crippen LogP contribution in [0.15, 0.2) is 24.3 Å². The summed E-state index contributed by atoms with van der Waals surface area (Å²) < 4.78 is 27.0. The molecule has 11 N–H and O–H groups in total. The predicted octanol–water partition coefficient (Wildman–Crippen LogP) is 1.74. The van der Waals surface area contributed by atoms with Crippen LogP contribution in [0.5, 0.6) is 5.75 Å². The Labute approximate surface area is 412 Å². The summed E-state index contributed by atoms with van der Waals surface area (Å²) in [5, 5.41) is 31.8. The number of hydrogen-bond donors (Lipinski definition) is 9. The van der Waals surface area contributed by atoms with Crippen molar-refractivity contribution in [3.05, 3.63) is 29.8 Å². The highest BCUT2D eigenvalue weighted by Crippen LogP contribution is 2.14. The van der Waals surface area contributed by atoms with Crippen LogP contribution in [-0.4, -0.2) is 162 Å². The summed E-state index contributed by atoms with van der Waals surface area (Å²) in [6.45, 7) is 2.78. The summed E-state index contributed by atoms with van der Waals surface area (Å²) in [5.74, 6) is -3.08. The Hall–Kier alpha value is -5.26. The van der Waals surface area contributed by atoms with Gasteiger partial charge in [0.15, 0.2) is 0 Å². The van der Waals surface area contributed by atoms with Gasteiger partial charge in [-0.1, -0.05) is 44.9 Å². The first-order valence-electron chi connectivity index (χ1n) is 24.7. The average molecular weight is 996 g/mol. The number of nitrogens with one attached hydrogen (secondary N) is 5. The molecule has 3 atom stereocenters. The van der Waals surface area contributed by atoms with Gasteiger partial charge >= 0.3 is 11.9 Å². The lowest BCUT2D eigenvalue weighted by atomic mass is 10.1. The number of hydrogen-bond acceptors (Lipinski definition) is 15. The van der Waals surface area contributed by atoms with Gasteiger partial charge in [-0.05, 0) is 82.1 Å². The third-order valence-corrected chi connectivity index (χ3v) is 10.6. The molecule has 22 nitrogen and oxygen atoms in total.